The van der Waals surface area contributed by atoms with Crippen molar-refractivity contribution in [1.82, 2.24) is 4.57 Å². The van der Waals surface area contributed by atoms with Gasteiger partial charge in [-0.2, -0.15) is 0 Å². The molecule has 3 aromatic carbocycles. The van der Waals surface area contributed by atoms with E-state index in [1.165, 1.54) is 17.8 Å². The van der Waals surface area contributed by atoms with Gasteiger partial charge in [0.05, 0.1) is 17.1 Å². The van der Waals surface area contributed by atoms with E-state index in [0.29, 0.717) is 21.3 Å². The molecule has 0 aliphatic carbocycles. The zero-order valence-electron chi connectivity index (χ0n) is 17.6. The molecular weight excluding hydrogens is 519 g/mol. The normalized spacial score (nSPS) is 15.2. The number of aromatic nitrogens is 1. The third kappa shape index (κ3) is 4.05. The maximum Gasteiger partial charge on any atom is 0.270 e. The van der Waals surface area contributed by atoms with E-state index in [1.54, 1.807) is 17.0 Å². The fourth-order valence-electron chi connectivity index (χ4n) is 4.05. The van der Waals surface area contributed by atoms with Crippen molar-refractivity contribution in [2.75, 3.05) is 4.90 Å². The molecule has 0 saturated carbocycles. The van der Waals surface area contributed by atoms with Gasteiger partial charge in [0.15, 0.2) is 4.32 Å². The van der Waals surface area contributed by atoms with Gasteiger partial charge in [0.25, 0.3) is 5.91 Å². The molecule has 164 valence electrons. The third-order valence-corrected chi connectivity index (χ3v) is 7.55. The number of carbonyl (C=O) groups is 1. The van der Waals surface area contributed by atoms with Crippen molar-refractivity contribution >= 4 is 72.8 Å². The van der Waals surface area contributed by atoms with Gasteiger partial charge >= 0.3 is 0 Å². The van der Waals surface area contributed by atoms with Gasteiger partial charge in [0.1, 0.15) is 5.82 Å². The number of thioether (sulfide) groups is 1. The zero-order valence-corrected chi connectivity index (χ0v) is 20.8. The monoisotopic (exact) mass is 536 g/mol. The van der Waals surface area contributed by atoms with Crippen LogP contribution in [0.5, 0.6) is 0 Å². The number of benzene rings is 3. The number of thiocarbonyl (C=S) groups is 1. The molecule has 1 saturated heterocycles. The smallest absolute Gasteiger partial charge is 0.270 e. The average Bonchev–Trinajstić information content (AvgIpc) is 3.24. The Bertz CT molecular complexity index is 1440. The molecule has 0 bridgehead atoms. The van der Waals surface area contributed by atoms with Crippen molar-refractivity contribution < 1.29 is 9.18 Å². The summed E-state index contributed by atoms with van der Waals surface area (Å²) in [6.07, 6.45) is 1.91. The van der Waals surface area contributed by atoms with E-state index in [9.17, 15) is 9.18 Å². The lowest BCUT2D eigenvalue weighted by Gasteiger charge is -2.14. The molecule has 0 unspecified atom stereocenters. The second-order valence-corrected chi connectivity index (χ2v) is 10.3. The molecule has 1 fully saturated rings. The quantitative estimate of drug-likeness (QED) is 0.202. The lowest BCUT2D eigenvalue weighted by molar-refractivity contribution is -0.113. The first-order valence-corrected chi connectivity index (χ1v) is 12.3. The van der Waals surface area contributed by atoms with Crippen LogP contribution in [0.1, 0.15) is 16.8 Å². The van der Waals surface area contributed by atoms with E-state index in [0.717, 1.165) is 32.3 Å². The summed E-state index contributed by atoms with van der Waals surface area (Å²) in [6, 6.07) is 22.3. The Hall–Kier alpha value is -2.74. The lowest BCUT2D eigenvalue weighted by atomic mass is 10.1. The van der Waals surface area contributed by atoms with Crippen LogP contribution in [0.15, 0.2) is 82.2 Å². The minimum atomic E-state index is -0.230. The Kier molecular flexibility index (Phi) is 5.95. The summed E-state index contributed by atoms with van der Waals surface area (Å²) in [6.45, 7) is 2.41. The minimum Gasteiger partial charge on any atom is -0.340 e. The van der Waals surface area contributed by atoms with Gasteiger partial charge in [-0.1, -0.05) is 76.3 Å². The number of halogens is 2. The number of hydrogen-bond donors (Lipinski definition) is 0. The second kappa shape index (κ2) is 8.89. The van der Waals surface area contributed by atoms with Crippen LogP contribution >= 0.6 is 39.9 Å². The van der Waals surface area contributed by atoms with E-state index in [4.69, 9.17) is 12.2 Å². The summed E-state index contributed by atoms with van der Waals surface area (Å²) in [5.74, 6) is -0.371. The van der Waals surface area contributed by atoms with Crippen LogP contribution < -0.4 is 4.90 Å². The Morgan fingerprint density at radius 1 is 1.03 bits per heavy atom. The van der Waals surface area contributed by atoms with Crippen LogP contribution in [-0.4, -0.2) is 14.8 Å². The summed E-state index contributed by atoms with van der Waals surface area (Å²) in [5.41, 5.74) is 4.26. The molecule has 1 aliphatic rings. The van der Waals surface area contributed by atoms with Crippen molar-refractivity contribution in [3.05, 3.63) is 105 Å². The van der Waals surface area contributed by atoms with Crippen molar-refractivity contribution in [3.8, 4) is 0 Å². The summed E-state index contributed by atoms with van der Waals surface area (Å²) >= 11 is 10.2. The molecule has 1 aromatic heterocycles. The number of anilines is 1. The standard InChI is InChI=1S/C26H18BrFN2OS2/c1-16-21(14-24-25(31)30(26(32)33-24)19-12-10-18(27)11-13-19)20-7-3-5-9-23(20)29(16)15-17-6-2-4-8-22(17)28/h2-14H,15H2,1H3/b24-14-. The zero-order chi connectivity index (χ0) is 23.1. The van der Waals surface area contributed by atoms with Crippen LogP contribution in [0.25, 0.3) is 17.0 Å². The molecular formula is C26H18BrFN2OS2. The van der Waals surface area contributed by atoms with Gasteiger partial charge in [0, 0.05) is 32.2 Å². The third-order valence-electron chi connectivity index (χ3n) is 5.72. The van der Waals surface area contributed by atoms with Gasteiger partial charge in [-0.05, 0) is 49.4 Å². The largest absolute Gasteiger partial charge is 0.340 e. The predicted molar refractivity (Wildman–Crippen MR) is 142 cm³/mol. The van der Waals surface area contributed by atoms with E-state index in [-0.39, 0.29) is 11.7 Å². The number of amides is 1. The van der Waals surface area contributed by atoms with Gasteiger partial charge in [-0.3, -0.25) is 9.69 Å². The van der Waals surface area contributed by atoms with Crippen LogP contribution in [-0.2, 0) is 11.3 Å². The van der Waals surface area contributed by atoms with Crippen LogP contribution in [0.4, 0.5) is 10.1 Å². The number of hydrogen-bond acceptors (Lipinski definition) is 3. The number of nitrogens with zero attached hydrogens (tertiary/aromatic N) is 2. The molecule has 0 N–H and O–H groups in total. The maximum atomic E-state index is 14.4. The molecule has 1 aliphatic heterocycles. The molecule has 0 atom stereocenters. The summed E-state index contributed by atoms with van der Waals surface area (Å²) in [7, 11) is 0. The summed E-state index contributed by atoms with van der Waals surface area (Å²) in [4.78, 5) is 15.4. The van der Waals surface area contributed by atoms with Crippen molar-refractivity contribution in [2.24, 2.45) is 0 Å². The Morgan fingerprint density at radius 2 is 1.73 bits per heavy atom. The van der Waals surface area contributed by atoms with Crippen LogP contribution in [0.2, 0.25) is 0 Å². The number of fused-ring (bicyclic) bond motifs is 1. The lowest BCUT2D eigenvalue weighted by Crippen LogP contribution is -2.27. The number of rotatable bonds is 4. The van der Waals surface area contributed by atoms with Crippen molar-refractivity contribution in [1.29, 1.82) is 0 Å². The highest BCUT2D eigenvalue weighted by Crippen LogP contribution is 2.38. The molecule has 1 amide bonds. The van der Waals surface area contributed by atoms with E-state index in [2.05, 4.69) is 20.5 Å². The topological polar surface area (TPSA) is 25.2 Å². The molecule has 0 spiro atoms. The van der Waals surface area contributed by atoms with E-state index >= 15 is 0 Å². The molecule has 5 rings (SSSR count). The highest BCUT2D eigenvalue weighted by atomic mass is 79.9. The first kappa shape index (κ1) is 22.1. The number of carbonyl (C=O) groups excluding carboxylic acids is 1. The Labute approximate surface area is 209 Å². The van der Waals surface area contributed by atoms with Gasteiger partial charge < -0.3 is 4.57 Å². The Balaban J connectivity index is 1.57. The fourth-order valence-corrected chi connectivity index (χ4v) is 5.60. The summed E-state index contributed by atoms with van der Waals surface area (Å²) < 4.78 is 17.9. The molecule has 0 radical (unpaired) electrons. The molecule has 33 heavy (non-hydrogen) atoms. The molecule has 4 aromatic rings. The highest BCUT2D eigenvalue weighted by molar-refractivity contribution is 9.10. The molecule has 7 heteroatoms. The van der Waals surface area contributed by atoms with Crippen LogP contribution in [0.3, 0.4) is 0 Å². The van der Waals surface area contributed by atoms with Crippen molar-refractivity contribution in [3.63, 3.8) is 0 Å². The van der Waals surface area contributed by atoms with Crippen molar-refractivity contribution in [2.45, 2.75) is 13.5 Å². The second-order valence-electron chi connectivity index (χ2n) is 7.69. The minimum absolute atomic E-state index is 0.141. The highest BCUT2D eigenvalue weighted by Gasteiger charge is 2.33. The number of para-hydroxylation sites is 1. The first-order valence-electron chi connectivity index (χ1n) is 10.3. The van der Waals surface area contributed by atoms with Gasteiger partial charge in [-0.15, -0.1) is 0 Å². The van der Waals surface area contributed by atoms with E-state index in [1.807, 2.05) is 67.6 Å². The van der Waals surface area contributed by atoms with Gasteiger partial charge in [0.2, 0.25) is 0 Å². The SMILES string of the molecule is Cc1c(/C=C2\SC(=S)N(c3ccc(Br)cc3)C2=O)c2ccccc2n1Cc1ccccc1F. The fraction of sp³-hybridized carbons (Fsp3) is 0.0769. The predicted octanol–water partition coefficient (Wildman–Crippen LogP) is 7.31. The molecule has 3 nitrogen and oxygen atoms in total. The van der Waals surface area contributed by atoms with E-state index < -0.39 is 0 Å². The van der Waals surface area contributed by atoms with Crippen LogP contribution in [0, 0.1) is 12.7 Å². The maximum absolute atomic E-state index is 14.4. The first-order chi connectivity index (χ1) is 15.9. The summed E-state index contributed by atoms with van der Waals surface area (Å²) in [5, 5.41) is 1.01. The Morgan fingerprint density at radius 3 is 2.48 bits per heavy atom. The van der Waals surface area contributed by atoms with Gasteiger partial charge in [-0.25, -0.2) is 4.39 Å². The average molecular weight is 537 g/mol. The molecule has 2 heterocycles.